The summed E-state index contributed by atoms with van der Waals surface area (Å²) >= 11 is 6.05. The van der Waals surface area contributed by atoms with Gasteiger partial charge in [0.1, 0.15) is 5.82 Å². The van der Waals surface area contributed by atoms with E-state index in [2.05, 4.69) is 0 Å². The average Bonchev–Trinajstić information content (AvgIpc) is 2.49. The largest absolute Gasteiger partial charge is 0.392 e. The van der Waals surface area contributed by atoms with E-state index in [-0.39, 0.29) is 11.6 Å². The fourth-order valence-electron chi connectivity index (χ4n) is 2.65. The molecule has 0 spiro atoms. The minimum Gasteiger partial charge on any atom is -0.392 e. The lowest BCUT2D eigenvalue weighted by molar-refractivity contribution is 0.100. The zero-order valence-electron chi connectivity index (χ0n) is 11.9. The van der Waals surface area contributed by atoms with Crippen molar-refractivity contribution in [3.05, 3.63) is 70.5 Å². The minimum absolute atomic E-state index is 0.0897. The monoisotopic (exact) mass is 307 g/mol. The van der Waals surface area contributed by atoms with Crippen molar-refractivity contribution in [2.75, 3.05) is 6.54 Å². The summed E-state index contributed by atoms with van der Waals surface area (Å²) in [6, 6.07) is 14.2. The summed E-state index contributed by atoms with van der Waals surface area (Å²) in [7, 11) is 0. The Morgan fingerprint density at radius 1 is 1.19 bits per heavy atom. The molecule has 3 N–H and O–H groups in total. The normalized spacial score (nSPS) is 15.5. The zero-order valence-corrected chi connectivity index (χ0v) is 12.6. The van der Waals surface area contributed by atoms with Crippen LogP contribution in [0.25, 0.3) is 0 Å². The summed E-state index contributed by atoms with van der Waals surface area (Å²) in [6.45, 7) is 1.94. The second-order valence-electron chi connectivity index (χ2n) is 5.29. The van der Waals surface area contributed by atoms with Crippen LogP contribution in [0.4, 0.5) is 4.39 Å². The van der Waals surface area contributed by atoms with Gasteiger partial charge in [0.05, 0.1) is 11.1 Å². The maximum Gasteiger partial charge on any atom is 0.142 e. The molecule has 0 aromatic heterocycles. The number of aliphatic hydroxyl groups is 1. The van der Waals surface area contributed by atoms with Gasteiger partial charge in [0.25, 0.3) is 0 Å². The molecule has 2 unspecified atom stereocenters. The Bertz CT molecular complexity index is 603. The lowest BCUT2D eigenvalue weighted by Crippen LogP contribution is -2.46. The number of nitrogens with two attached hydrogens (primary N) is 1. The summed E-state index contributed by atoms with van der Waals surface area (Å²) < 4.78 is 13.6. The Hall–Kier alpha value is -1.42. The maximum atomic E-state index is 13.6. The highest BCUT2D eigenvalue weighted by Gasteiger charge is 2.36. The van der Waals surface area contributed by atoms with Crippen molar-refractivity contribution in [2.24, 2.45) is 5.73 Å². The summed E-state index contributed by atoms with van der Waals surface area (Å²) in [6.07, 6.45) is -0.314. The van der Waals surface area contributed by atoms with Crippen LogP contribution in [0.5, 0.6) is 0 Å². The van der Waals surface area contributed by atoms with Crippen LogP contribution >= 0.6 is 11.6 Å². The Balaban J connectivity index is 2.49. The van der Waals surface area contributed by atoms with Crippen LogP contribution in [0.1, 0.15) is 18.1 Å². The maximum absolute atomic E-state index is 13.6. The third-order valence-corrected chi connectivity index (χ3v) is 4.47. The van der Waals surface area contributed by atoms with E-state index in [1.807, 2.05) is 30.3 Å². The Kier molecular flexibility index (Phi) is 4.99. The summed E-state index contributed by atoms with van der Waals surface area (Å²) in [5.41, 5.74) is 6.85. The lowest BCUT2D eigenvalue weighted by Gasteiger charge is -2.36. The first kappa shape index (κ1) is 16.0. The van der Waals surface area contributed by atoms with Crippen LogP contribution in [0.15, 0.2) is 48.5 Å². The molecule has 0 bridgehead atoms. The highest BCUT2D eigenvalue weighted by Crippen LogP contribution is 2.34. The van der Waals surface area contributed by atoms with E-state index in [4.69, 9.17) is 17.3 Å². The molecule has 0 fully saturated rings. The van der Waals surface area contributed by atoms with Gasteiger partial charge < -0.3 is 10.8 Å². The van der Waals surface area contributed by atoms with Gasteiger partial charge in [0.15, 0.2) is 0 Å². The molecular weight excluding hydrogens is 289 g/mol. The molecule has 0 radical (unpaired) electrons. The van der Waals surface area contributed by atoms with Crippen molar-refractivity contribution in [2.45, 2.75) is 24.9 Å². The van der Waals surface area contributed by atoms with Crippen LogP contribution in [0, 0.1) is 5.82 Å². The van der Waals surface area contributed by atoms with E-state index >= 15 is 0 Å². The molecule has 2 aromatic rings. The smallest absolute Gasteiger partial charge is 0.142 e. The van der Waals surface area contributed by atoms with Gasteiger partial charge in [-0.3, -0.25) is 0 Å². The van der Waals surface area contributed by atoms with Crippen molar-refractivity contribution in [1.82, 2.24) is 0 Å². The van der Waals surface area contributed by atoms with E-state index in [0.29, 0.717) is 12.0 Å². The third-order valence-electron chi connectivity index (χ3n) is 4.05. The number of rotatable bonds is 5. The van der Waals surface area contributed by atoms with Gasteiger partial charge in [-0.15, -0.1) is 0 Å². The molecule has 2 atom stereocenters. The van der Waals surface area contributed by atoms with Gasteiger partial charge in [-0.2, -0.15) is 0 Å². The van der Waals surface area contributed by atoms with Crippen molar-refractivity contribution in [3.8, 4) is 0 Å². The number of benzene rings is 2. The second kappa shape index (κ2) is 6.56. The van der Waals surface area contributed by atoms with E-state index < -0.39 is 17.3 Å². The molecule has 0 saturated carbocycles. The molecule has 4 heteroatoms. The second-order valence-corrected chi connectivity index (χ2v) is 5.67. The van der Waals surface area contributed by atoms with E-state index in [0.717, 1.165) is 5.56 Å². The lowest BCUT2D eigenvalue weighted by atomic mass is 9.72. The molecule has 2 nitrogen and oxygen atoms in total. The molecule has 112 valence electrons. The van der Waals surface area contributed by atoms with Crippen LogP contribution in [0.3, 0.4) is 0 Å². The zero-order chi connectivity index (χ0) is 15.5. The van der Waals surface area contributed by atoms with Crippen LogP contribution in [0.2, 0.25) is 5.02 Å². The van der Waals surface area contributed by atoms with Crippen molar-refractivity contribution < 1.29 is 9.50 Å². The van der Waals surface area contributed by atoms with Gasteiger partial charge in [0.2, 0.25) is 0 Å². The van der Waals surface area contributed by atoms with Gasteiger partial charge in [-0.25, -0.2) is 4.39 Å². The molecule has 0 heterocycles. The van der Waals surface area contributed by atoms with E-state index in [1.54, 1.807) is 19.1 Å². The number of hydrogen-bond acceptors (Lipinski definition) is 2. The SMILES string of the molecule is CC(O)C(CN)(Cc1cccc(F)c1Cl)c1ccccc1. The molecule has 0 saturated heterocycles. The van der Waals surface area contributed by atoms with Gasteiger partial charge in [0, 0.05) is 12.0 Å². The standard InChI is InChI=1S/C17H19ClFNO/c1-12(21)17(11-20,14-7-3-2-4-8-14)10-13-6-5-9-15(19)16(13)18/h2-9,12,21H,10-11,20H2,1H3. The average molecular weight is 308 g/mol. The quantitative estimate of drug-likeness (QED) is 0.890. The predicted molar refractivity (Wildman–Crippen MR) is 84.0 cm³/mol. The highest BCUT2D eigenvalue weighted by molar-refractivity contribution is 6.31. The Labute approximate surface area is 129 Å². The van der Waals surface area contributed by atoms with Crippen LogP contribution in [-0.4, -0.2) is 17.8 Å². The summed E-state index contributed by atoms with van der Waals surface area (Å²) in [5, 5.41) is 10.4. The number of hydrogen-bond donors (Lipinski definition) is 2. The van der Waals surface area contributed by atoms with Gasteiger partial charge >= 0.3 is 0 Å². The fraction of sp³-hybridized carbons (Fsp3) is 0.294. The first-order chi connectivity index (χ1) is 10.0. The molecule has 0 amide bonds. The van der Waals surface area contributed by atoms with Crippen molar-refractivity contribution in [3.63, 3.8) is 0 Å². The number of halogens is 2. The molecule has 0 aliphatic heterocycles. The minimum atomic E-state index is -0.696. The fourth-order valence-corrected chi connectivity index (χ4v) is 2.84. The van der Waals surface area contributed by atoms with Crippen molar-refractivity contribution >= 4 is 11.6 Å². The highest BCUT2D eigenvalue weighted by atomic mass is 35.5. The van der Waals surface area contributed by atoms with Gasteiger partial charge in [-0.1, -0.05) is 54.1 Å². The first-order valence-corrected chi connectivity index (χ1v) is 7.25. The Morgan fingerprint density at radius 3 is 2.43 bits per heavy atom. The molecule has 0 aliphatic rings. The predicted octanol–water partition coefficient (Wildman–Crippen LogP) is 3.30. The molecule has 2 rings (SSSR count). The number of aliphatic hydroxyl groups excluding tert-OH is 1. The summed E-state index contributed by atoms with van der Waals surface area (Å²) in [5.74, 6) is -0.459. The topological polar surface area (TPSA) is 46.2 Å². The van der Waals surface area contributed by atoms with E-state index in [9.17, 15) is 9.50 Å². The van der Waals surface area contributed by atoms with E-state index in [1.165, 1.54) is 6.07 Å². The molecule has 21 heavy (non-hydrogen) atoms. The van der Waals surface area contributed by atoms with Crippen LogP contribution in [-0.2, 0) is 11.8 Å². The Morgan fingerprint density at radius 2 is 1.86 bits per heavy atom. The summed E-state index contributed by atoms with van der Waals surface area (Å²) in [4.78, 5) is 0. The van der Waals surface area contributed by atoms with Crippen molar-refractivity contribution in [1.29, 1.82) is 0 Å². The molecule has 0 aliphatic carbocycles. The molecular formula is C17H19ClFNO. The third kappa shape index (κ3) is 3.10. The van der Waals surface area contributed by atoms with Gasteiger partial charge in [-0.05, 0) is 30.5 Å². The molecule has 2 aromatic carbocycles. The first-order valence-electron chi connectivity index (χ1n) is 6.88. The van der Waals surface area contributed by atoms with Crippen LogP contribution < -0.4 is 5.73 Å².